The maximum atomic E-state index is 12.6. The molecule has 1 aromatic carbocycles. The van der Waals surface area contributed by atoms with Crippen LogP contribution < -0.4 is 10.4 Å². The van der Waals surface area contributed by atoms with E-state index >= 15 is 0 Å². The zero-order valence-corrected chi connectivity index (χ0v) is 22.0. The quantitative estimate of drug-likeness (QED) is 0.509. The van der Waals surface area contributed by atoms with Crippen molar-refractivity contribution in [3.05, 3.63) is 57.8 Å². The van der Waals surface area contributed by atoms with Crippen molar-refractivity contribution in [2.75, 3.05) is 6.61 Å². The summed E-state index contributed by atoms with van der Waals surface area (Å²) in [6, 6.07) is 8.17. The Bertz CT molecular complexity index is 1490. The molecule has 9 nitrogen and oxygen atoms in total. The summed E-state index contributed by atoms with van der Waals surface area (Å²) in [6.07, 6.45) is 5.55. The second-order valence-corrected chi connectivity index (χ2v) is 12.0. The number of Topliss-reactive ketones (excluding diaryl/α,β-unsaturated/α-hetero) is 1. The van der Waals surface area contributed by atoms with E-state index in [9.17, 15) is 19.8 Å². The summed E-state index contributed by atoms with van der Waals surface area (Å²) in [7, 11) is 0. The number of aliphatic hydroxyl groups is 2. The van der Waals surface area contributed by atoms with Crippen LogP contribution in [0.15, 0.2) is 39.7 Å². The van der Waals surface area contributed by atoms with Gasteiger partial charge < -0.3 is 24.1 Å². The van der Waals surface area contributed by atoms with Crippen LogP contribution in [0.5, 0.6) is 5.75 Å². The van der Waals surface area contributed by atoms with Gasteiger partial charge in [0.05, 0.1) is 18.1 Å². The van der Waals surface area contributed by atoms with Crippen molar-refractivity contribution in [2.45, 2.75) is 82.8 Å². The SMILES string of the molecule is C[C@]12CC[C@@H]3c4ccc(OCc5cc6cn([C@H]7C[C@H](O)[C@@H](CO)O7)c(=O)nc6o5)cc4CC[C@H]3[C@@H]1CCC2=O. The number of hydrogen-bond acceptors (Lipinski definition) is 8. The molecule has 2 aromatic heterocycles. The number of aryl methyl sites for hydroxylation is 1. The van der Waals surface area contributed by atoms with Crippen molar-refractivity contribution >= 4 is 16.9 Å². The molecule has 39 heavy (non-hydrogen) atoms. The molecule has 206 valence electrons. The molecule has 2 N–H and O–H groups in total. The largest absolute Gasteiger partial charge is 0.486 e. The van der Waals surface area contributed by atoms with Crippen LogP contribution in [0.1, 0.15) is 74.5 Å². The third-order valence-corrected chi connectivity index (χ3v) is 9.97. The fraction of sp³-hybridized carbons (Fsp3) is 0.567. The van der Waals surface area contributed by atoms with Gasteiger partial charge in [-0.25, -0.2) is 4.79 Å². The molecule has 1 aliphatic heterocycles. The van der Waals surface area contributed by atoms with Gasteiger partial charge in [0.2, 0.25) is 5.71 Å². The molecule has 7 atom stereocenters. The highest BCUT2D eigenvalue weighted by atomic mass is 16.5. The van der Waals surface area contributed by atoms with Crippen LogP contribution in [0.3, 0.4) is 0 Å². The lowest BCUT2D eigenvalue weighted by atomic mass is 9.55. The first kappa shape index (κ1) is 25.0. The predicted octanol–water partition coefficient (Wildman–Crippen LogP) is 3.63. The lowest BCUT2D eigenvalue weighted by Crippen LogP contribution is -2.42. The number of rotatable bonds is 5. The molecule has 1 saturated heterocycles. The molecule has 0 amide bonds. The van der Waals surface area contributed by atoms with Crippen molar-refractivity contribution in [1.29, 1.82) is 0 Å². The Hall–Kier alpha value is -3.01. The molecule has 7 rings (SSSR count). The number of carbonyl (C=O) groups excluding carboxylic acids is 1. The summed E-state index contributed by atoms with van der Waals surface area (Å²) < 4.78 is 18.8. The summed E-state index contributed by atoms with van der Waals surface area (Å²) >= 11 is 0. The van der Waals surface area contributed by atoms with Gasteiger partial charge in [-0.1, -0.05) is 13.0 Å². The molecule has 0 spiro atoms. The molecule has 3 fully saturated rings. The van der Waals surface area contributed by atoms with Crippen LogP contribution in [0.2, 0.25) is 0 Å². The Balaban J connectivity index is 1.06. The summed E-state index contributed by atoms with van der Waals surface area (Å²) in [4.78, 5) is 29.2. The lowest BCUT2D eigenvalue weighted by molar-refractivity contribution is -0.129. The van der Waals surface area contributed by atoms with Crippen LogP contribution in [0, 0.1) is 17.3 Å². The zero-order valence-electron chi connectivity index (χ0n) is 22.0. The molecule has 2 saturated carbocycles. The molecule has 0 bridgehead atoms. The zero-order chi connectivity index (χ0) is 26.9. The van der Waals surface area contributed by atoms with Crippen LogP contribution in [0.4, 0.5) is 0 Å². The number of furan rings is 1. The molecule has 0 radical (unpaired) electrons. The number of fused-ring (bicyclic) bond motifs is 6. The summed E-state index contributed by atoms with van der Waals surface area (Å²) in [5, 5.41) is 20.0. The third-order valence-electron chi connectivity index (χ3n) is 9.97. The molecular formula is C30H34N2O7. The molecular weight excluding hydrogens is 500 g/mol. The minimum atomic E-state index is -0.844. The first-order valence-corrected chi connectivity index (χ1v) is 14.1. The van der Waals surface area contributed by atoms with Crippen molar-refractivity contribution in [3.63, 3.8) is 0 Å². The number of carbonyl (C=O) groups is 1. The monoisotopic (exact) mass is 534 g/mol. The van der Waals surface area contributed by atoms with Crippen LogP contribution in [-0.2, 0) is 22.6 Å². The molecule has 4 aliphatic rings. The van der Waals surface area contributed by atoms with E-state index in [4.69, 9.17) is 13.9 Å². The van der Waals surface area contributed by atoms with Crippen molar-refractivity contribution in [1.82, 2.24) is 9.55 Å². The number of aromatic nitrogens is 2. The predicted molar refractivity (Wildman–Crippen MR) is 140 cm³/mol. The van der Waals surface area contributed by atoms with E-state index in [1.165, 1.54) is 15.7 Å². The highest BCUT2D eigenvalue weighted by Gasteiger charge is 2.54. The van der Waals surface area contributed by atoms with Crippen molar-refractivity contribution in [2.24, 2.45) is 17.3 Å². The Labute approximate surface area is 225 Å². The summed E-state index contributed by atoms with van der Waals surface area (Å²) in [5.41, 5.74) is 2.33. The average Bonchev–Trinajstić information content (AvgIpc) is 3.60. The second kappa shape index (κ2) is 9.28. The van der Waals surface area contributed by atoms with E-state index in [2.05, 4.69) is 24.0 Å². The third kappa shape index (κ3) is 4.05. The van der Waals surface area contributed by atoms with E-state index in [0.29, 0.717) is 34.7 Å². The average molecular weight is 535 g/mol. The first-order valence-electron chi connectivity index (χ1n) is 14.1. The summed E-state index contributed by atoms with van der Waals surface area (Å²) in [6.45, 7) is 2.09. The van der Waals surface area contributed by atoms with Gasteiger partial charge >= 0.3 is 5.69 Å². The fourth-order valence-corrected chi connectivity index (χ4v) is 7.88. The Morgan fingerprint density at radius 1 is 1.18 bits per heavy atom. The van der Waals surface area contributed by atoms with Gasteiger partial charge in [-0.2, -0.15) is 4.98 Å². The number of aliphatic hydroxyl groups excluding tert-OH is 2. The lowest BCUT2D eigenvalue weighted by Gasteiger charge is -2.48. The fourth-order valence-electron chi connectivity index (χ4n) is 7.88. The molecule has 3 heterocycles. The maximum Gasteiger partial charge on any atom is 0.353 e. The molecule has 0 unspecified atom stereocenters. The van der Waals surface area contributed by atoms with Crippen LogP contribution in [-0.4, -0.2) is 44.4 Å². The highest BCUT2D eigenvalue weighted by Crippen LogP contribution is 2.59. The standard InChI is InChI=1S/C30H34N2O7/c1-30-9-8-21-20-5-3-18(10-16(20)2-4-22(21)23(30)6-7-26(30)35)37-15-19-11-17-13-32(29(36)31-28(17)38-19)27-12-24(34)25(14-33)39-27/h3,5,10-11,13,21-25,27,33-34H,2,4,6-9,12,14-15H2,1H3/t21-,22-,23+,24+,25-,27-,30+/m1/s1. The molecule has 3 aromatic rings. The van der Waals surface area contributed by atoms with E-state index in [1.807, 2.05) is 6.07 Å². The van der Waals surface area contributed by atoms with Crippen LogP contribution >= 0.6 is 0 Å². The minimum Gasteiger partial charge on any atom is -0.486 e. The van der Waals surface area contributed by atoms with Gasteiger partial charge in [-0.3, -0.25) is 9.36 Å². The van der Waals surface area contributed by atoms with Crippen LogP contribution in [0.25, 0.3) is 11.1 Å². The first-order chi connectivity index (χ1) is 18.8. The maximum absolute atomic E-state index is 12.6. The number of nitrogens with zero attached hydrogens (tertiary/aromatic N) is 2. The van der Waals surface area contributed by atoms with Gasteiger partial charge in [0.25, 0.3) is 0 Å². The van der Waals surface area contributed by atoms with Crippen molar-refractivity contribution in [3.8, 4) is 5.75 Å². The number of benzene rings is 1. The van der Waals surface area contributed by atoms with E-state index < -0.39 is 24.1 Å². The Morgan fingerprint density at radius 2 is 2.05 bits per heavy atom. The van der Waals surface area contributed by atoms with Crippen molar-refractivity contribution < 1.29 is 28.9 Å². The van der Waals surface area contributed by atoms with E-state index in [-0.39, 0.29) is 30.8 Å². The smallest absolute Gasteiger partial charge is 0.353 e. The molecule has 9 heteroatoms. The van der Waals surface area contributed by atoms with Gasteiger partial charge in [0, 0.05) is 24.5 Å². The van der Waals surface area contributed by atoms with E-state index in [1.54, 1.807) is 12.3 Å². The normalized spacial score (nSPS) is 33.7. The Kier molecular flexibility index (Phi) is 5.95. The van der Waals surface area contributed by atoms with Gasteiger partial charge in [-0.15, -0.1) is 0 Å². The number of hydrogen-bond donors (Lipinski definition) is 2. The van der Waals surface area contributed by atoms with E-state index in [0.717, 1.165) is 44.3 Å². The van der Waals surface area contributed by atoms with Gasteiger partial charge in [0.1, 0.15) is 36.2 Å². The summed E-state index contributed by atoms with van der Waals surface area (Å²) in [5.74, 6) is 3.44. The topological polar surface area (TPSA) is 124 Å². The second-order valence-electron chi connectivity index (χ2n) is 12.0. The number of ketones is 1. The molecule has 3 aliphatic carbocycles. The minimum absolute atomic E-state index is 0.109. The Morgan fingerprint density at radius 3 is 2.87 bits per heavy atom. The van der Waals surface area contributed by atoms with Gasteiger partial charge in [-0.05, 0) is 79.2 Å². The van der Waals surface area contributed by atoms with Gasteiger partial charge in [0.15, 0.2) is 0 Å². The number of ether oxygens (including phenoxy) is 2. The highest BCUT2D eigenvalue weighted by molar-refractivity contribution is 5.87.